The monoisotopic (exact) mass is 275 g/mol. The van der Waals surface area contributed by atoms with Crippen molar-refractivity contribution in [3.8, 4) is 0 Å². The standard InChI is InChI=1S/C14H17N3OS/c1-3-15-13-6-4-5-12(16-13)14(18)17(2)9-11-7-8-19-10-11/h4-8,10H,3,9H2,1-2H3,(H,15,16). The van der Waals surface area contributed by atoms with Crippen molar-refractivity contribution in [1.82, 2.24) is 9.88 Å². The van der Waals surface area contributed by atoms with E-state index in [0.717, 1.165) is 17.9 Å². The molecule has 0 spiro atoms. The van der Waals surface area contributed by atoms with Crippen molar-refractivity contribution in [2.24, 2.45) is 0 Å². The molecule has 1 amide bonds. The third-order valence-electron chi connectivity index (χ3n) is 2.67. The minimum absolute atomic E-state index is 0.0639. The van der Waals surface area contributed by atoms with Crippen LogP contribution >= 0.6 is 11.3 Å². The Balaban J connectivity index is 2.08. The number of thiophene rings is 1. The minimum Gasteiger partial charge on any atom is -0.370 e. The summed E-state index contributed by atoms with van der Waals surface area (Å²) < 4.78 is 0. The fraction of sp³-hybridized carbons (Fsp3) is 0.286. The van der Waals surface area contributed by atoms with Crippen LogP contribution in [0.1, 0.15) is 23.0 Å². The van der Waals surface area contributed by atoms with E-state index in [9.17, 15) is 4.79 Å². The first kappa shape index (κ1) is 13.5. The van der Waals surface area contributed by atoms with Gasteiger partial charge in [0.25, 0.3) is 5.91 Å². The molecule has 5 heteroatoms. The number of carbonyl (C=O) groups is 1. The van der Waals surface area contributed by atoms with E-state index in [4.69, 9.17) is 0 Å². The first-order valence-electron chi connectivity index (χ1n) is 6.18. The molecule has 0 aliphatic carbocycles. The van der Waals surface area contributed by atoms with Gasteiger partial charge >= 0.3 is 0 Å². The fourth-order valence-electron chi connectivity index (χ4n) is 1.76. The van der Waals surface area contributed by atoms with E-state index in [1.165, 1.54) is 0 Å². The van der Waals surface area contributed by atoms with Crippen molar-refractivity contribution in [1.29, 1.82) is 0 Å². The van der Waals surface area contributed by atoms with Gasteiger partial charge < -0.3 is 10.2 Å². The van der Waals surface area contributed by atoms with Gasteiger partial charge in [-0.05, 0) is 41.4 Å². The van der Waals surface area contributed by atoms with Crippen LogP contribution in [-0.4, -0.2) is 29.4 Å². The molecule has 2 heterocycles. The molecule has 0 saturated carbocycles. The lowest BCUT2D eigenvalue weighted by molar-refractivity contribution is 0.0779. The Morgan fingerprint density at radius 3 is 2.95 bits per heavy atom. The van der Waals surface area contributed by atoms with Crippen LogP contribution in [0.4, 0.5) is 5.82 Å². The van der Waals surface area contributed by atoms with E-state index >= 15 is 0 Å². The Hall–Kier alpha value is -1.88. The van der Waals surface area contributed by atoms with Crippen LogP contribution in [0.2, 0.25) is 0 Å². The summed E-state index contributed by atoms with van der Waals surface area (Å²) in [5.74, 6) is 0.670. The number of nitrogens with zero attached hydrogens (tertiary/aromatic N) is 2. The Bertz CT molecular complexity index is 539. The van der Waals surface area contributed by atoms with Gasteiger partial charge in [-0.3, -0.25) is 4.79 Å². The summed E-state index contributed by atoms with van der Waals surface area (Å²) in [4.78, 5) is 18.3. The van der Waals surface area contributed by atoms with Crippen LogP contribution in [0.5, 0.6) is 0 Å². The summed E-state index contributed by atoms with van der Waals surface area (Å²) in [5, 5.41) is 7.17. The molecule has 2 rings (SSSR count). The Labute approximate surface area is 117 Å². The highest BCUT2D eigenvalue weighted by molar-refractivity contribution is 7.07. The second-order valence-corrected chi connectivity index (χ2v) is 5.01. The topological polar surface area (TPSA) is 45.2 Å². The normalized spacial score (nSPS) is 10.2. The molecular weight excluding hydrogens is 258 g/mol. The number of amides is 1. The molecule has 2 aromatic heterocycles. The van der Waals surface area contributed by atoms with Crippen LogP contribution in [0.25, 0.3) is 0 Å². The molecule has 4 nitrogen and oxygen atoms in total. The van der Waals surface area contributed by atoms with Crippen molar-refractivity contribution in [2.45, 2.75) is 13.5 Å². The quantitative estimate of drug-likeness (QED) is 0.912. The van der Waals surface area contributed by atoms with Crippen molar-refractivity contribution in [3.05, 3.63) is 46.3 Å². The Morgan fingerprint density at radius 2 is 2.26 bits per heavy atom. The maximum absolute atomic E-state index is 12.3. The Kier molecular flexibility index (Phi) is 4.52. The van der Waals surface area contributed by atoms with Crippen molar-refractivity contribution in [2.75, 3.05) is 18.9 Å². The van der Waals surface area contributed by atoms with Crippen LogP contribution in [0.15, 0.2) is 35.0 Å². The van der Waals surface area contributed by atoms with Crippen LogP contribution in [0.3, 0.4) is 0 Å². The largest absolute Gasteiger partial charge is 0.370 e. The number of hydrogen-bond donors (Lipinski definition) is 1. The van der Waals surface area contributed by atoms with Gasteiger partial charge in [0.2, 0.25) is 0 Å². The fourth-order valence-corrected chi connectivity index (χ4v) is 2.42. The van der Waals surface area contributed by atoms with Gasteiger partial charge in [-0.15, -0.1) is 0 Å². The average Bonchev–Trinajstić information content (AvgIpc) is 2.91. The number of rotatable bonds is 5. The molecule has 1 N–H and O–H groups in total. The lowest BCUT2D eigenvalue weighted by atomic mass is 10.2. The average molecular weight is 275 g/mol. The maximum atomic E-state index is 12.3. The SMILES string of the molecule is CCNc1cccc(C(=O)N(C)Cc2ccsc2)n1. The van der Waals surface area contributed by atoms with Gasteiger partial charge in [0.15, 0.2) is 0 Å². The van der Waals surface area contributed by atoms with Crippen LogP contribution < -0.4 is 5.32 Å². The summed E-state index contributed by atoms with van der Waals surface area (Å²) in [7, 11) is 1.79. The molecule has 0 atom stereocenters. The van der Waals surface area contributed by atoms with Gasteiger partial charge in [0.05, 0.1) is 0 Å². The lowest BCUT2D eigenvalue weighted by Crippen LogP contribution is -2.27. The minimum atomic E-state index is -0.0639. The number of anilines is 1. The van der Waals surface area contributed by atoms with Crippen molar-refractivity contribution in [3.63, 3.8) is 0 Å². The van der Waals surface area contributed by atoms with Gasteiger partial charge in [-0.2, -0.15) is 11.3 Å². The van der Waals surface area contributed by atoms with E-state index in [0.29, 0.717) is 12.2 Å². The van der Waals surface area contributed by atoms with Crippen LogP contribution in [-0.2, 0) is 6.54 Å². The third-order valence-corrected chi connectivity index (χ3v) is 3.40. The van der Waals surface area contributed by atoms with Gasteiger partial charge in [-0.25, -0.2) is 4.98 Å². The zero-order valence-electron chi connectivity index (χ0n) is 11.1. The molecule has 100 valence electrons. The first-order chi connectivity index (χ1) is 9.20. The van der Waals surface area contributed by atoms with E-state index in [2.05, 4.69) is 10.3 Å². The lowest BCUT2D eigenvalue weighted by Gasteiger charge is -2.16. The van der Waals surface area contributed by atoms with Crippen molar-refractivity contribution < 1.29 is 4.79 Å². The second-order valence-electron chi connectivity index (χ2n) is 4.23. The number of aromatic nitrogens is 1. The highest BCUT2D eigenvalue weighted by Crippen LogP contribution is 2.11. The van der Waals surface area contributed by atoms with Gasteiger partial charge in [0.1, 0.15) is 11.5 Å². The van der Waals surface area contributed by atoms with Gasteiger partial charge in [0, 0.05) is 20.1 Å². The third kappa shape index (κ3) is 3.54. The van der Waals surface area contributed by atoms with E-state index in [-0.39, 0.29) is 5.91 Å². The summed E-state index contributed by atoms with van der Waals surface area (Å²) in [6.45, 7) is 3.39. The molecule has 0 aliphatic heterocycles. The molecule has 0 aliphatic rings. The first-order valence-corrected chi connectivity index (χ1v) is 7.12. The molecule has 0 fully saturated rings. The predicted octanol–water partition coefficient (Wildman–Crippen LogP) is 2.85. The smallest absolute Gasteiger partial charge is 0.272 e. The van der Waals surface area contributed by atoms with E-state index in [1.807, 2.05) is 35.9 Å². The highest BCUT2D eigenvalue weighted by Gasteiger charge is 2.13. The highest BCUT2D eigenvalue weighted by atomic mass is 32.1. The van der Waals surface area contributed by atoms with E-state index in [1.54, 1.807) is 29.4 Å². The summed E-state index contributed by atoms with van der Waals surface area (Å²) >= 11 is 1.63. The maximum Gasteiger partial charge on any atom is 0.272 e. The zero-order valence-corrected chi connectivity index (χ0v) is 11.9. The summed E-state index contributed by atoms with van der Waals surface area (Å²) in [6.07, 6.45) is 0. The molecular formula is C14H17N3OS. The molecule has 0 bridgehead atoms. The van der Waals surface area contributed by atoms with Crippen molar-refractivity contribution >= 4 is 23.1 Å². The van der Waals surface area contributed by atoms with E-state index < -0.39 is 0 Å². The van der Waals surface area contributed by atoms with Gasteiger partial charge in [-0.1, -0.05) is 6.07 Å². The molecule has 19 heavy (non-hydrogen) atoms. The number of hydrogen-bond acceptors (Lipinski definition) is 4. The number of nitrogens with one attached hydrogen (secondary N) is 1. The number of carbonyl (C=O) groups excluding carboxylic acids is 1. The predicted molar refractivity (Wildman–Crippen MR) is 78.5 cm³/mol. The molecule has 0 saturated heterocycles. The Morgan fingerprint density at radius 1 is 1.42 bits per heavy atom. The van der Waals surface area contributed by atoms with Crippen LogP contribution in [0, 0.1) is 0 Å². The molecule has 0 unspecified atom stereocenters. The molecule has 0 radical (unpaired) electrons. The summed E-state index contributed by atoms with van der Waals surface area (Å²) in [6, 6.07) is 7.47. The second kappa shape index (κ2) is 6.33. The number of pyridine rings is 1. The molecule has 2 aromatic rings. The summed E-state index contributed by atoms with van der Waals surface area (Å²) in [5.41, 5.74) is 1.61. The molecule has 0 aromatic carbocycles. The zero-order chi connectivity index (χ0) is 13.7.